The maximum atomic E-state index is 4.24. The summed E-state index contributed by atoms with van der Waals surface area (Å²) in [6, 6.07) is 0. The molecule has 0 aromatic carbocycles. The van der Waals surface area contributed by atoms with E-state index in [2.05, 4.69) is 25.5 Å². The van der Waals surface area contributed by atoms with Crippen LogP contribution in [0.2, 0.25) is 0 Å². The molecule has 0 aliphatic heterocycles. The minimum atomic E-state index is 0.805. The zero-order valence-electron chi connectivity index (χ0n) is 9.35. The molecular formula is C10H16N6. The van der Waals surface area contributed by atoms with Crippen LogP contribution in [-0.4, -0.2) is 31.3 Å². The second-order valence-corrected chi connectivity index (χ2v) is 3.67. The summed E-state index contributed by atoms with van der Waals surface area (Å²) in [6.45, 7) is 1.76. The molecule has 2 rings (SSSR count). The van der Waals surface area contributed by atoms with E-state index < -0.39 is 0 Å². The Bertz CT molecular complexity index is 405. The van der Waals surface area contributed by atoms with Gasteiger partial charge in [-0.05, 0) is 13.0 Å². The number of nitrogens with one attached hydrogen (secondary N) is 2. The number of imidazole rings is 1. The predicted molar refractivity (Wildman–Crippen MR) is 59.6 cm³/mol. The van der Waals surface area contributed by atoms with Crippen LogP contribution in [0.5, 0.6) is 0 Å². The summed E-state index contributed by atoms with van der Waals surface area (Å²) < 4.78 is 2.02. The second kappa shape index (κ2) is 5.41. The molecule has 16 heavy (non-hydrogen) atoms. The van der Waals surface area contributed by atoms with Gasteiger partial charge in [-0.2, -0.15) is 5.10 Å². The lowest BCUT2D eigenvalue weighted by Gasteiger charge is -2.03. The minimum Gasteiger partial charge on any atom is -0.337 e. The number of nitrogens with zero attached hydrogens (tertiary/aromatic N) is 4. The van der Waals surface area contributed by atoms with Gasteiger partial charge < -0.3 is 9.88 Å². The number of aryl methyl sites for hydroxylation is 2. The second-order valence-electron chi connectivity index (χ2n) is 3.67. The van der Waals surface area contributed by atoms with E-state index in [1.54, 1.807) is 0 Å². The van der Waals surface area contributed by atoms with Crippen LogP contribution >= 0.6 is 0 Å². The van der Waals surface area contributed by atoms with E-state index in [4.69, 9.17) is 0 Å². The van der Waals surface area contributed by atoms with Gasteiger partial charge in [0.2, 0.25) is 0 Å². The molecule has 2 aromatic heterocycles. The topological polar surface area (TPSA) is 71.4 Å². The summed E-state index contributed by atoms with van der Waals surface area (Å²) in [5.74, 6) is 2.00. The van der Waals surface area contributed by atoms with E-state index in [9.17, 15) is 0 Å². The van der Waals surface area contributed by atoms with E-state index in [0.29, 0.717) is 0 Å². The minimum absolute atomic E-state index is 0.805. The van der Waals surface area contributed by atoms with Gasteiger partial charge in [0.05, 0.1) is 6.54 Å². The van der Waals surface area contributed by atoms with Gasteiger partial charge in [-0.25, -0.2) is 9.97 Å². The molecule has 2 aromatic rings. The summed E-state index contributed by atoms with van der Waals surface area (Å²) in [5.41, 5.74) is 0. The van der Waals surface area contributed by atoms with Gasteiger partial charge >= 0.3 is 0 Å². The molecule has 0 aliphatic carbocycles. The van der Waals surface area contributed by atoms with Gasteiger partial charge in [0.15, 0.2) is 0 Å². The maximum absolute atomic E-state index is 4.24. The van der Waals surface area contributed by atoms with Gasteiger partial charge in [-0.15, -0.1) is 0 Å². The van der Waals surface area contributed by atoms with Crippen molar-refractivity contribution in [2.45, 2.75) is 19.4 Å². The van der Waals surface area contributed by atoms with Crippen molar-refractivity contribution >= 4 is 0 Å². The number of hydrogen-bond acceptors (Lipinski definition) is 4. The standard InChI is InChI=1S/C10H16N6/c1-16-6-5-12-10(16)7-11-4-2-3-9-13-8-14-15-9/h5-6,8,11H,2-4,7H2,1H3,(H,13,14,15). The fourth-order valence-electron chi connectivity index (χ4n) is 1.50. The summed E-state index contributed by atoms with van der Waals surface area (Å²) in [4.78, 5) is 8.30. The fraction of sp³-hybridized carbons (Fsp3) is 0.500. The van der Waals surface area contributed by atoms with Crippen molar-refractivity contribution in [2.75, 3.05) is 6.54 Å². The van der Waals surface area contributed by atoms with Crippen LogP contribution in [-0.2, 0) is 20.0 Å². The van der Waals surface area contributed by atoms with E-state index >= 15 is 0 Å². The van der Waals surface area contributed by atoms with Crippen LogP contribution in [0.1, 0.15) is 18.1 Å². The quantitative estimate of drug-likeness (QED) is 0.685. The Morgan fingerprint density at radius 2 is 2.38 bits per heavy atom. The van der Waals surface area contributed by atoms with Crippen LogP contribution in [0.3, 0.4) is 0 Å². The third-order valence-electron chi connectivity index (χ3n) is 2.44. The molecule has 0 fully saturated rings. The van der Waals surface area contributed by atoms with Crippen LogP contribution in [0.15, 0.2) is 18.7 Å². The zero-order chi connectivity index (χ0) is 11.2. The molecule has 0 aliphatic rings. The lowest BCUT2D eigenvalue weighted by atomic mass is 10.3. The zero-order valence-corrected chi connectivity index (χ0v) is 9.35. The van der Waals surface area contributed by atoms with Crippen molar-refractivity contribution in [3.8, 4) is 0 Å². The van der Waals surface area contributed by atoms with Gasteiger partial charge in [0.25, 0.3) is 0 Å². The summed E-state index contributed by atoms with van der Waals surface area (Å²) >= 11 is 0. The van der Waals surface area contributed by atoms with E-state index in [1.165, 1.54) is 6.33 Å². The van der Waals surface area contributed by atoms with Crippen molar-refractivity contribution in [2.24, 2.45) is 7.05 Å². The molecule has 0 amide bonds. The summed E-state index contributed by atoms with van der Waals surface area (Å²) in [6.07, 6.45) is 7.26. The average Bonchev–Trinajstić information content (AvgIpc) is 2.90. The molecule has 0 spiro atoms. The normalized spacial score (nSPS) is 10.8. The van der Waals surface area contributed by atoms with E-state index in [0.717, 1.165) is 37.6 Å². The highest BCUT2D eigenvalue weighted by Gasteiger charge is 1.98. The Hall–Kier alpha value is -1.69. The van der Waals surface area contributed by atoms with Crippen molar-refractivity contribution < 1.29 is 0 Å². The molecular weight excluding hydrogens is 204 g/mol. The third kappa shape index (κ3) is 2.90. The van der Waals surface area contributed by atoms with E-state index in [-0.39, 0.29) is 0 Å². The van der Waals surface area contributed by atoms with Crippen LogP contribution in [0.4, 0.5) is 0 Å². The van der Waals surface area contributed by atoms with Crippen LogP contribution in [0.25, 0.3) is 0 Å². The number of rotatable bonds is 6. The Labute approximate surface area is 94.1 Å². The fourth-order valence-corrected chi connectivity index (χ4v) is 1.50. The number of H-pyrrole nitrogens is 1. The van der Waals surface area contributed by atoms with Crippen LogP contribution in [0, 0.1) is 0 Å². The van der Waals surface area contributed by atoms with Crippen LogP contribution < -0.4 is 5.32 Å². The highest BCUT2D eigenvalue weighted by molar-refractivity contribution is 4.90. The lowest BCUT2D eigenvalue weighted by Crippen LogP contribution is -2.18. The largest absolute Gasteiger partial charge is 0.337 e. The Balaban J connectivity index is 1.61. The molecule has 0 saturated heterocycles. The van der Waals surface area contributed by atoms with Crippen molar-refractivity contribution in [3.63, 3.8) is 0 Å². The predicted octanol–water partition coefficient (Wildman–Crippen LogP) is 0.261. The first kappa shape index (κ1) is 10.8. The molecule has 6 heteroatoms. The highest BCUT2D eigenvalue weighted by atomic mass is 15.2. The van der Waals surface area contributed by atoms with Crippen molar-refractivity contribution in [1.29, 1.82) is 0 Å². The maximum Gasteiger partial charge on any atom is 0.137 e. The molecule has 0 bridgehead atoms. The first-order chi connectivity index (χ1) is 7.86. The van der Waals surface area contributed by atoms with Crippen molar-refractivity contribution in [3.05, 3.63) is 30.4 Å². The third-order valence-corrected chi connectivity index (χ3v) is 2.44. The molecule has 0 unspecified atom stereocenters. The van der Waals surface area contributed by atoms with Gasteiger partial charge in [-0.3, -0.25) is 5.10 Å². The first-order valence-corrected chi connectivity index (χ1v) is 5.37. The molecule has 0 radical (unpaired) electrons. The van der Waals surface area contributed by atoms with E-state index in [1.807, 2.05) is 24.0 Å². The van der Waals surface area contributed by atoms with Gasteiger partial charge in [0, 0.05) is 25.9 Å². The van der Waals surface area contributed by atoms with Gasteiger partial charge in [-0.1, -0.05) is 0 Å². The Kier molecular flexibility index (Phi) is 3.66. The molecule has 2 N–H and O–H groups in total. The number of aromatic amines is 1. The SMILES string of the molecule is Cn1ccnc1CNCCCc1ncn[nH]1. The smallest absolute Gasteiger partial charge is 0.137 e. The molecule has 86 valence electrons. The first-order valence-electron chi connectivity index (χ1n) is 5.37. The molecule has 0 saturated carbocycles. The number of aromatic nitrogens is 5. The Morgan fingerprint density at radius 3 is 3.06 bits per heavy atom. The average molecular weight is 220 g/mol. The monoisotopic (exact) mass is 220 g/mol. The van der Waals surface area contributed by atoms with Gasteiger partial charge in [0.1, 0.15) is 18.0 Å². The van der Waals surface area contributed by atoms with Crippen molar-refractivity contribution in [1.82, 2.24) is 30.0 Å². The summed E-state index contributed by atoms with van der Waals surface area (Å²) in [5, 5.41) is 9.99. The highest BCUT2D eigenvalue weighted by Crippen LogP contribution is 1.94. The molecule has 6 nitrogen and oxygen atoms in total. The number of hydrogen-bond donors (Lipinski definition) is 2. The molecule has 0 atom stereocenters. The Morgan fingerprint density at radius 1 is 1.44 bits per heavy atom. The lowest BCUT2D eigenvalue weighted by molar-refractivity contribution is 0.608. The molecule has 2 heterocycles. The summed E-state index contributed by atoms with van der Waals surface area (Å²) in [7, 11) is 2.00.